The van der Waals surface area contributed by atoms with Gasteiger partial charge in [-0.15, -0.1) is 0 Å². The van der Waals surface area contributed by atoms with E-state index >= 15 is 0 Å². The number of aryl methyl sites for hydroxylation is 2. The monoisotopic (exact) mass is 391 g/mol. The summed E-state index contributed by atoms with van der Waals surface area (Å²) in [5.41, 5.74) is 6.08. The fraction of sp³-hybridized carbons (Fsp3) is 0.375. The van der Waals surface area contributed by atoms with Gasteiger partial charge < -0.3 is 19.5 Å². The van der Waals surface area contributed by atoms with E-state index in [4.69, 9.17) is 4.42 Å². The van der Waals surface area contributed by atoms with Gasteiger partial charge in [-0.1, -0.05) is 19.1 Å². The molecule has 3 aromatic rings. The van der Waals surface area contributed by atoms with Crippen LogP contribution in [0, 0.1) is 13.8 Å². The number of rotatable bonds is 5. The first-order valence-electron chi connectivity index (χ1n) is 10.4. The van der Waals surface area contributed by atoms with E-state index in [0.717, 1.165) is 66.1 Å². The summed E-state index contributed by atoms with van der Waals surface area (Å²) in [5, 5.41) is 4.07. The molecule has 0 saturated carbocycles. The third-order valence-corrected chi connectivity index (χ3v) is 5.83. The Morgan fingerprint density at radius 2 is 1.86 bits per heavy atom. The molecule has 1 aliphatic heterocycles. The summed E-state index contributed by atoms with van der Waals surface area (Å²) < 4.78 is 5.61. The quantitative estimate of drug-likeness (QED) is 0.702. The molecule has 5 nitrogen and oxygen atoms in total. The average Bonchev–Trinajstić information content (AvgIpc) is 3.11. The van der Waals surface area contributed by atoms with E-state index in [1.165, 1.54) is 5.69 Å². The predicted molar refractivity (Wildman–Crippen MR) is 119 cm³/mol. The van der Waals surface area contributed by atoms with Gasteiger partial charge >= 0.3 is 0 Å². The number of amides is 1. The lowest BCUT2D eigenvalue weighted by Gasteiger charge is -2.35. The molecule has 0 unspecified atom stereocenters. The minimum absolute atomic E-state index is 0.0271. The molecule has 1 aliphatic rings. The number of likely N-dealkylation sites (N-methyl/N-ethyl adjacent to an activating group) is 1. The molecule has 0 spiro atoms. The molecule has 0 atom stereocenters. The van der Waals surface area contributed by atoms with Gasteiger partial charge in [-0.2, -0.15) is 0 Å². The summed E-state index contributed by atoms with van der Waals surface area (Å²) in [6.45, 7) is 11.7. The van der Waals surface area contributed by atoms with Gasteiger partial charge in [0.25, 0.3) is 0 Å². The lowest BCUT2D eigenvalue weighted by molar-refractivity contribution is -0.115. The molecule has 2 aromatic carbocycles. The van der Waals surface area contributed by atoms with Gasteiger partial charge in [0.15, 0.2) is 0 Å². The van der Waals surface area contributed by atoms with Crippen molar-refractivity contribution in [2.45, 2.75) is 27.2 Å². The van der Waals surface area contributed by atoms with Crippen LogP contribution in [0.2, 0.25) is 0 Å². The molecule has 1 N–H and O–H groups in total. The molecule has 0 bridgehead atoms. The molecule has 1 saturated heterocycles. The van der Waals surface area contributed by atoms with Crippen LogP contribution < -0.4 is 10.2 Å². The zero-order valence-corrected chi connectivity index (χ0v) is 17.5. The molecule has 1 aromatic heterocycles. The number of carbonyl (C=O) groups is 1. The van der Waals surface area contributed by atoms with Gasteiger partial charge in [-0.3, -0.25) is 4.79 Å². The Labute approximate surface area is 172 Å². The SMILES string of the molecule is CCN1CCN(c2ccc(NC(=O)Cc3coc4cc(C)ccc34)c(C)c2)CC1. The van der Waals surface area contributed by atoms with E-state index in [1.807, 2.05) is 31.2 Å². The summed E-state index contributed by atoms with van der Waals surface area (Å²) in [6.07, 6.45) is 1.99. The largest absolute Gasteiger partial charge is 0.464 e. The zero-order valence-electron chi connectivity index (χ0n) is 17.5. The highest BCUT2D eigenvalue weighted by Crippen LogP contribution is 2.25. The molecular weight excluding hydrogens is 362 g/mol. The smallest absolute Gasteiger partial charge is 0.228 e. The number of piperazine rings is 1. The van der Waals surface area contributed by atoms with Crippen LogP contribution in [0.3, 0.4) is 0 Å². The van der Waals surface area contributed by atoms with Crippen molar-refractivity contribution < 1.29 is 9.21 Å². The molecule has 0 aliphatic carbocycles. The van der Waals surface area contributed by atoms with Crippen LogP contribution in [0.4, 0.5) is 11.4 Å². The maximum Gasteiger partial charge on any atom is 0.228 e. The first-order valence-corrected chi connectivity index (χ1v) is 10.4. The first-order chi connectivity index (χ1) is 14.0. The number of fused-ring (bicyclic) bond motifs is 1. The second-order valence-electron chi connectivity index (χ2n) is 7.91. The third kappa shape index (κ3) is 4.30. The number of anilines is 2. The predicted octanol–water partition coefficient (Wildman–Crippen LogP) is 4.37. The molecule has 29 heavy (non-hydrogen) atoms. The standard InChI is InChI=1S/C24H29N3O2/c1-4-26-9-11-27(12-10-26)20-6-8-22(18(3)14-20)25-24(28)15-19-16-29-23-13-17(2)5-7-21(19)23/h5-8,13-14,16H,4,9-12,15H2,1-3H3,(H,25,28). The highest BCUT2D eigenvalue weighted by Gasteiger charge is 2.17. The number of nitrogens with zero attached hydrogens (tertiary/aromatic N) is 2. The first kappa shape index (κ1) is 19.5. The Hall–Kier alpha value is -2.79. The Morgan fingerprint density at radius 3 is 2.59 bits per heavy atom. The lowest BCUT2D eigenvalue weighted by Crippen LogP contribution is -2.46. The number of hydrogen-bond donors (Lipinski definition) is 1. The van der Waals surface area contributed by atoms with E-state index in [2.05, 4.69) is 41.1 Å². The van der Waals surface area contributed by atoms with Gasteiger partial charge in [0.2, 0.25) is 5.91 Å². The second kappa shape index (κ2) is 8.29. The van der Waals surface area contributed by atoms with Crippen LogP contribution >= 0.6 is 0 Å². The summed E-state index contributed by atoms with van der Waals surface area (Å²) in [4.78, 5) is 17.5. The van der Waals surface area contributed by atoms with Crippen LogP contribution in [0.15, 0.2) is 47.1 Å². The lowest BCUT2D eigenvalue weighted by atomic mass is 10.1. The average molecular weight is 392 g/mol. The van der Waals surface area contributed by atoms with Crippen molar-refractivity contribution in [1.29, 1.82) is 0 Å². The van der Waals surface area contributed by atoms with Gasteiger partial charge in [-0.25, -0.2) is 0 Å². The Bertz CT molecular complexity index is 1020. The van der Waals surface area contributed by atoms with Gasteiger partial charge in [0.05, 0.1) is 12.7 Å². The van der Waals surface area contributed by atoms with Gasteiger partial charge in [0, 0.05) is 48.5 Å². The fourth-order valence-electron chi connectivity index (χ4n) is 4.00. The molecule has 1 fully saturated rings. The van der Waals surface area contributed by atoms with E-state index in [-0.39, 0.29) is 5.91 Å². The minimum atomic E-state index is -0.0271. The van der Waals surface area contributed by atoms with Gasteiger partial charge in [-0.05, 0) is 55.8 Å². The fourth-order valence-corrected chi connectivity index (χ4v) is 4.00. The van der Waals surface area contributed by atoms with E-state index in [0.29, 0.717) is 6.42 Å². The van der Waals surface area contributed by atoms with Crippen molar-refractivity contribution in [2.24, 2.45) is 0 Å². The van der Waals surface area contributed by atoms with Crippen molar-refractivity contribution in [3.05, 3.63) is 59.4 Å². The summed E-state index contributed by atoms with van der Waals surface area (Å²) in [7, 11) is 0. The number of carbonyl (C=O) groups excluding carboxylic acids is 1. The topological polar surface area (TPSA) is 48.7 Å². The number of hydrogen-bond acceptors (Lipinski definition) is 4. The van der Waals surface area contributed by atoms with Crippen molar-refractivity contribution in [3.8, 4) is 0 Å². The number of furan rings is 1. The molecule has 1 amide bonds. The summed E-state index contributed by atoms with van der Waals surface area (Å²) in [6, 6.07) is 12.4. The van der Waals surface area contributed by atoms with Crippen molar-refractivity contribution in [1.82, 2.24) is 4.90 Å². The minimum Gasteiger partial charge on any atom is -0.464 e. The Morgan fingerprint density at radius 1 is 1.07 bits per heavy atom. The number of nitrogens with one attached hydrogen (secondary N) is 1. The summed E-state index contributed by atoms with van der Waals surface area (Å²) in [5.74, 6) is -0.0271. The van der Waals surface area contributed by atoms with Gasteiger partial charge in [0.1, 0.15) is 5.58 Å². The van der Waals surface area contributed by atoms with Crippen molar-refractivity contribution in [3.63, 3.8) is 0 Å². The number of benzene rings is 2. The van der Waals surface area contributed by atoms with E-state index < -0.39 is 0 Å². The highest BCUT2D eigenvalue weighted by atomic mass is 16.3. The molecule has 152 valence electrons. The Balaban J connectivity index is 1.41. The van der Waals surface area contributed by atoms with Crippen molar-refractivity contribution >= 4 is 28.3 Å². The Kier molecular flexibility index (Phi) is 5.58. The van der Waals surface area contributed by atoms with Crippen LogP contribution in [-0.4, -0.2) is 43.5 Å². The molecule has 2 heterocycles. The van der Waals surface area contributed by atoms with E-state index in [9.17, 15) is 4.79 Å². The second-order valence-corrected chi connectivity index (χ2v) is 7.91. The highest BCUT2D eigenvalue weighted by molar-refractivity contribution is 5.96. The maximum absolute atomic E-state index is 12.6. The molecule has 4 rings (SSSR count). The van der Waals surface area contributed by atoms with Crippen molar-refractivity contribution in [2.75, 3.05) is 42.9 Å². The molecule has 5 heteroatoms. The molecular formula is C24H29N3O2. The van der Waals surface area contributed by atoms with Crippen LogP contribution in [0.25, 0.3) is 11.0 Å². The van der Waals surface area contributed by atoms with Crippen LogP contribution in [0.1, 0.15) is 23.6 Å². The van der Waals surface area contributed by atoms with Crippen LogP contribution in [-0.2, 0) is 11.2 Å². The maximum atomic E-state index is 12.6. The van der Waals surface area contributed by atoms with Crippen LogP contribution in [0.5, 0.6) is 0 Å². The van der Waals surface area contributed by atoms with E-state index in [1.54, 1.807) is 6.26 Å². The normalized spacial score (nSPS) is 15.1. The zero-order chi connectivity index (χ0) is 20.4. The third-order valence-electron chi connectivity index (χ3n) is 5.83. The molecule has 0 radical (unpaired) electrons. The summed E-state index contributed by atoms with van der Waals surface area (Å²) >= 11 is 0.